The Kier molecular flexibility index (Phi) is 6.72. The molecule has 0 aromatic heterocycles. The van der Waals surface area contributed by atoms with Crippen LogP contribution in [0.1, 0.15) is 11.1 Å². The number of hydrogen-bond acceptors (Lipinski definition) is 2. The van der Waals surface area contributed by atoms with Crippen molar-refractivity contribution < 1.29 is 9.84 Å². The third-order valence-corrected chi connectivity index (χ3v) is 6.98. The van der Waals surface area contributed by atoms with Gasteiger partial charge >= 0.3 is 0 Å². The van der Waals surface area contributed by atoms with Gasteiger partial charge < -0.3 is 9.84 Å². The van der Waals surface area contributed by atoms with E-state index in [0.29, 0.717) is 6.61 Å². The molecule has 0 heterocycles. The summed E-state index contributed by atoms with van der Waals surface area (Å²) in [4.78, 5) is 0. The van der Waals surface area contributed by atoms with Crippen LogP contribution in [0.25, 0.3) is 43.1 Å². The SMILES string of the molecule is OCc1cccc2cc3ccccc3cc12.c1ccc(OCc2cccc3cc4ccccc4cc23)cc1. The number of aliphatic hydroxyl groups excluding tert-OH is 1. The molecular weight excluding hydrogens is 464 g/mol. The van der Waals surface area contributed by atoms with Crippen molar-refractivity contribution in [3.05, 3.63) is 151 Å². The normalized spacial score (nSPS) is 11.0. The van der Waals surface area contributed by atoms with E-state index in [-0.39, 0.29) is 6.61 Å². The summed E-state index contributed by atoms with van der Waals surface area (Å²) in [5.41, 5.74) is 2.20. The van der Waals surface area contributed by atoms with Gasteiger partial charge in [0.25, 0.3) is 0 Å². The first-order valence-corrected chi connectivity index (χ1v) is 12.9. The summed E-state index contributed by atoms with van der Waals surface area (Å²) in [6.45, 7) is 0.676. The van der Waals surface area contributed by atoms with E-state index in [9.17, 15) is 5.11 Å². The summed E-state index contributed by atoms with van der Waals surface area (Å²) in [5, 5.41) is 19.2. The number of hydrogen-bond donors (Lipinski definition) is 1. The Morgan fingerprint density at radius 2 is 0.868 bits per heavy atom. The van der Waals surface area contributed by atoms with E-state index in [1.807, 2.05) is 54.6 Å². The van der Waals surface area contributed by atoms with Crippen molar-refractivity contribution in [1.29, 1.82) is 0 Å². The molecule has 0 radical (unpaired) electrons. The molecule has 0 saturated carbocycles. The summed E-state index contributed by atoms with van der Waals surface area (Å²) >= 11 is 0. The van der Waals surface area contributed by atoms with Crippen LogP contribution in [0.3, 0.4) is 0 Å². The average Bonchev–Trinajstić information content (AvgIpc) is 2.98. The van der Waals surface area contributed by atoms with Crippen LogP contribution in [0.5, 0.6) is 5.75 Å². The second-order valence-corrected chi connectivity index (χ2v) is 9.44. The van der Waals surface area contributed by atoms with Gasteiger partial charge in [-0.1, -0.05) is 103 Å². The molecule has 7 rings (SSSR count). The van der Waals surface area contributed by atoms with Gasteiger partial charge in [-0.3, -0.25) is 0 Å². The topological polar surface area (TPSA) is 29.5 Å². The van der Waals surface area contributed by atoms with E-state index in [0.717, 1.165) is 16.7 Å². The fraction of sp³-hybridized carbons (Fsp3) is 0.0556. The Hall–Kier alpha value is -4.66. The Balaban J connectivity index is 0.000000146. The molecule has 0 aliphatic rings. The van der Waals surface area contributed by atoms with Crippen molar-refractivity contribution >= 4 is 43.1 Å². The molecule has 7 aromatic carbocycles. The highest BCUT2D eigenvalue weighted by Crippen LogP contribution is 2.27. The van der Waals surface area contributed by atoms with Crippen molar-refractivity contribution in [3.63, 3.8) is 0 Å². The van der Waals surface area contributed by atoms with Crippen molar-refractivity contribution in [1.82, 2.24) is 0 Å². The van der Waals surface area contributed by atoms with E-state index < -0.39 is 0 Å². The van der Waals surface area contributed by atoms with E-state index in [2.05, 4.69) is 84.9 Å². The summed E-state index contributed by atoms with van der Waals surface area (Å²) in [6, 6.07) is 48.0. The Morgan fingerprint density at radius 1 is 0.421 bits per heavy atom. The molecule has 7 aromatic rings. The molecule has 0 aliphatic heterocycles. The van der Waals surface area contributed by atoms with Crippen molar-refractivity contribution in [2.75, 3.05) is 0 Å². The summed E-state index contributed by atoms with van der Waals surface area (Å²) in [6.07, 6.45) is 0. The third-order valence-electron chi connectivity index (χ3n) is 6.98. The number of benzene rings is 7. The number of aliphatic hydroxyl groups is 1. The standard InChI is InChI=1S/C21H16O.C15H12O/c1-2-11-20(12-3-1)22-15-19-10-6-9-18-13-16-7-4-5-8-17(16)14-21(18)19;16-10-14-7-3-6-13-8-11-4-1-2-5-12(11)9-15(13)14/h1-14H,15H2;1-9,16H,10H2. The monoisotopic (exact) mass is 492 g/mol. The predicted octanol–water partition coefficient (Wildman–Crippen LogP) is 9.06. The maximum atomic E-state index is 9.31. The molecule has 184 valence electrons. The fourth-order valence-corrected chi connectivity index (χ4v) is 5.00. The van der Waals surface area contributed by atoms with Crippen LogP contribution in [-0.2, 0) is 13.2 Å². The molecule has 38 heavy (non-hydrogen) atoms. The number of para-hydroxylation sites is 1. The van der Waals surface area contributed by atoms with Crippen molar-refractivity contribution in [3.8, 4) is 5.75 Å². The van der Waals surface area contributed by atoms with Crippen LogP contribution in [0.15, 0.2) is 140 Å². The molecule has 0 aliphatic carbocycles. The molecule has 0 unspecified atom stereocenters. The van der Waals surface area contributed by atoms with Gasteiger partial charge in [0, 0.05) is 0 Å². The van der Waals surface area contributed by atoms with Gasteiger partial charge in [-0.2, -0.15) is 0 Å². The number of ether oxygens (including phenoxy) is 1. The van der Waals surface area contributed by atoms with Crippen LogP contribution in [0.4, 0.5) is 0 Å². The molecule has 0 saturated heterocycles. The van der Waals surface area contributed by atoms with Gasteiger partial charge in [-0.15, -0.1) is 0 Å². The second kappa shape index (κ2) is 10.8. The van der Waals surface area contributed by atoms with E-state index >= 15 is 0 Å². The highest BCUT2D eigenvalue weighted by atomic mass is 16.5. The lowest BCUT2D eigenvalue weighted by Gasteiger charge is -2.10. The molecule has 1 N–H and O–H groups in total. The van der Waals surface area contributed by atoms with Gasteiger partial charge in [0.2, 0.25) is 0 Å². The first-order chi connectivity index (χ1) is 18.8. The third kappa shape index (κ3) is 4.95. The minimum atomic E-state index is 0.0929. The van der Waals surface area contributed by atoms with Crippen molar-refractivity contribution in [2.45, 2.75) is 13.2 Å². The second-order valence-electron chi connectivity index (χ2n) is 9.44. The molecule has 0 atom stereocenters. The fourth-order valence-electron chi connectivity index (χ4n) is 5.00. The molecule has 2 nitrogen and oxygen atoms in total. The van der Waals surface area contributed by atoms with Gasteiger partial charge in [0.15, 0.2) is 0 Å². The lowest BCUT2D eigenvalue weighted by Crippen LogP contribution is -1.96. The van der Waals surface area contributed by atoms with Crippen LogP contribution in [-0.4, -0.2) is 5.11 Å². The zero-order valence-electron chi connectivity index (χ0n) is 21.0. The number of rotatable bonds is 4. The maximum absolute atomic E-state index is 9.31. The first-order valence-electron chi connectivity index (χ1n) is 12.9. The zero-order chi connectivity index (χ0) is 25.7. The largest absolute Gasteiger partial charge is 0.489 e. The number of fused-ring (bicyclic) bond motifs is 4. The van der Waals surface area contributed by atoms with Crippen molar-refractivity contribution in [2.24, 2.45) is 0 Å². The average molecular weight is 493 g/mol. The highest BCUT2D eigenvalue weighted by molar-refractivity contribution is 6.00. The summed E-state index contributed by atoms with van der Waals surface area (Å²) in [7, 11) is 0. The maximum Gasteiger partial charge on any atom is 0.119 e. The highest BCUT2D eigenvalue weighted by Gasteiger charge is 2.04. The molecule has 0 bridgehead atoms. The molecule has 0 amide bonds. The van der Waals surface area contributed by atoms with Crippen LogP contribution in [0, 0.1) is 0 Å². The molecule has 0 fully saturated rings. The Labute approximate surface area is 222 Å². The van der Waals surface area contributed by atoms with Gasteiger partial charge in [-0.05, 0) is 90.6 Å². The van der Waals surface area contributed by atoms with Gasteiger partial charge in [0.1, 0.15) is 12.4 Å². The molecular formula is C36H28O2. The van der Waals surface area contributed by atoms with Crippen LogP contribution < -0.4 is 4.74 Å². The Bertz CT molecular complexity index is 1860. The minimum absolute atomic E-state index is 0.0929. The summed E-state index contributed by atoms with van der Waals surface area (Å²) < 4.78 is 5.91. The smallest absolute Gasteiger partial charge is 0.119 e. The van der Waals surface area contributed by atoms with Gasteiger partial charge in [-0.25, -0.2) is 0 Å². The van der Waals surface area contributed by atoms with Gasteiger partial charge in [0.05, 0.1) is 6.61 Å². The lowest BCUT2D eigenvalue weighted by molar-refractivity contribution is 0.283. The van der Waals surface area contributed by atoms with E-state index in [1.165, 1.54) is 43.3 Å². The quantitative estimate of drug-likeness (QED) is 0.248. The van der Waals surface area contributed by atoms with Crippen LogP contribution >= 0.6 is 0 Å². The summed E-state index contributed by atoms with van der Waals surface area (Å²) in [5.74, 6) is 0.903. The first kappa shape index (κ1) is 23.7. The molecule has 0 spiro atoms. The zero-order valence-corrected chi connectivity index (χ0v) is 21.0. The lowest BCUT2D eigenvalue weighted by atomic mass is 10.00. The minimum Gasteiger partial charge on any atom is -0.489 e. The van der Waals surface area contributed by atoms with Crippen LogP contribution in [0.2, 0.25) is 0 Å². The predicted molar refractivity (Wildman–Crippen MR) is 160 cm³/mol. The van der Waals surface area contributed by atoms with E-state index in [4.69, 9.17) is 4.74 Å². The van der Waals surface area contributed by atoms with E-state index in [1.54, 1.807) is 0 Å². The molecule has 2 heteroatoms. The Morgan fingerprint density at radius 3 is 1.42 bits per heavy atom.